The number of carbonyl (C=O) groups is 2. The van der Waals surface area contributed by atoms with Gasteiger partial charge in [0.25, 0.3) is 5.91 Å². The molecule has 4 rings (SSSR count). The lowest BCUT2D eigenvalue weighted by Crippen LogP contribution is -2.32. The van der Waals surface area contributed by atoms with E-state index in [2.05, 4.69) is 16.4 Å². The molecule has 0 fully saturated rings. The van der Waals surface area contributed by atoms with Crippen LogP contribution < -0.4 is 10.2 Å². The van der Waals surface area contributed by atoms with Crippen LogP contribution in [0.1, 0.15) is 30.0 Å². The van der Waals surface area contributed by atoms with Crippen molar-refractivity contribution in [3.8, 4) is 0 Å². The van der Waals surface area contributed by atoms with Gasteiger partial charge in [-0.2, -0.15) is 0 Å². The lowest BCUT2D eigenvalue weighted by molar-refractivity contribution is -0.124. The summed E-state index contributed by atoms with van der Waals surface area (Å²) < 4.78 is 7.03. The van der Waals surface area contributed by atoms with Crippen LogP contribution in [0.5, 0.6) is 0 Å². The third-order valence-electron chi connectivity index (χ3n) is 5.30. The molecular weight excluding hydrogens is 380 g/mol. The van der Waals surface area contributed by atoms with E-state index in [1.807, 2.05) is 54.8 Å². The second-order valence-electron chi connectivity index (χ2n) is 7.75. The number of fused-ring (bicyclic) bond motifs is 3. The topological polar surface area (TPSA) is 76.5 Å². The fourth-order valence-electron chi connectivity index (χ4n) is 4.11. The van der Waals surface area contributed by atoms with Gasteiger partial charge in [-0.15, -0.1) is 0 Å². The molecule has 7 nitrogen and oxygen atoms in total. The van der Waals surface area contributed by atoms with E-state index in [0.717, 1.165) is 27.8 Å². The molecule has 7 heteroatoms. The van der Waals surface area contributed by atoms with E-state index in [9.17, 15) is 9.59 Å². The molecule has 0 bridgehead atoms. The highest BCUT2D eigenvalue weighted by Crippen LogP contribution is 2.36. The number of anilines is 2. The van der Waals surface area contributed by atoms with Gasteiger partial charge in [0.2, 0.25) is 11.9 Å². The van der Waals surface area contributed by atoms with Crippen molar-refractivity contribution in [3.05, 3.63) is 53.6 Å². The molecule has 1 atom stereocenters. The molecule has 2 aromatic carbocycles. The molecule has 0 aliphatic carbocycles. The third-order valence-corrected chi connectivity index (χ3v) is 5.30. The summed E-state index contributed by atoms with van der Waals surface area (Å²) in [6.45, 7) is 5.04. The van der Waals surface area contributed by atoms with Crippen LogP contribution in [0.4, 0.5) is 11.6 Å². The zero-order chi connectivity index (χ0) is 21.3. The van der Waals surface area contributed by atoms with Gasteiger partial charge >= 0.3 is 0 Å². The van der Waals surface area contributed by atoms with Crippen LogP contribution in [-0.4, -0.2) is 41.6 Å². The highest BCUT2D eigenvalue weighted by atomic mass is 16.5. The Hall–Kier alpha value is -3.19. The Morgan fingerprint density at radius 3 is 2.63 bits per heavy atom. The molecule has 1 aromatic heterocycles. The molecule has 2 heterocycles. The molecule has 1 aliphatic heterocycles. The van der Waals surface area contributed by atoms with E-state index in [1.165, 1.54) is 0 Å². The number of nitrogens with one attached hydrogen (secondary N) is 1. The minimum absolute atomic E-state index is 0.0555. The first-order valence-electron chi connectivity index (χ1n) is 10.1. The highest BCUT2D eigenvalue weighted by molar-refractivity contribution is 6.05. The first kappa shape index (κ1) is 20.1. The number of nitrogens with zero attached hydrogens (tertiary/aromatic N) is 3. The lowest BCUT2D eigenvalue weighted by Gasteiger charge is -2.16. The minimum Gasteiger partial charge on any atom is -0.385 e. The highest BCUT2D eigenvalue weighted by Gasteiger charge is 2.40. The Bertz CT molecular complexity index is 1080. The maximum absolute atomic E-state index is 13.2. The Morgan fingerprint density at radius 1 is 1.17 bits per heavy atom. The normalized spacial score (nSPS) is 15.6. The number of imidazole rings is 1. The summed E-state index contributed by atoms with van der Waals surface area (Å²) in [6.07, 6.45) is 0.757. The van der Waals surface area contributed by atoms with Gasteiger partial charge in [-0.1, -0.05) is 18.2 Å². The van der Waals surface area contributed by atoms with Gasteiger partial charge < -0.3 is 10.1 Å². The summed E-state index contributed by atoms with van der Waals surface area (Å²) in [4.78, 5) is 32.4. The van der Waals surface area contributed by atoms with E-state index >= 15 is 0 Å². The molecule has 1 N–H and O–H groups in total. The van der Waals surface area contributed by atoms with Crippen molar-refractivity contribution in [2.75, 3.05) is 30.5 Å². The Balaban J connectivity index is 1.61. The number of benzene rings is 2. The molecule has 156 valence electrons. The predicted octanol–water partition coefficient (Wildman–Crippen LogP) is 3.61. The van der Waals surface area contributed by atoms with Gasteiger partial charge in [0.1, 0.15) is 6.04 Å². The number of para-hydroxylation sites is 2. The SMILES string of the molecule is COCCCN1C(=O)[C@@H](CC(=O)Nc2cc(C)cc(C)c2)n2c1nc1ccccc12. The van der Waals surface area contributed by atoms with E-state index < -0.39 is 6.04 Å². The van der Waals surface area contributed by atoms with Gasteiger partial charge in [-0.25, -0.2) is 4.98 Å². The van der Waals surface area contributed by atoms with Gasteiger partial charge in [0.15, 0.2) is 0 Å². The summed E-state index contributed by atoms with van der Waals surface area (Å²) in [6, 6.07) is 13.0. The van der Waals surface area contributed by atoms with E-state index in [0.29, 0.717) is 25.5 Å². The molecule has 3 aromatic rings. The fraction of sp³-hybridized carbons (Fsp3) is 0.348. The molecule has 0 saturated carbocycles. The standard InChI is InChI=1S/C23H26N4O3/c1-15-11-16(2)13-17(12-15)24-21(28)14-20-22(29)26(9-6-10-30-3)23-25-18-7-4-5-8-19(18)27(20)23/h4-5,7-8,11-13,20H,6,9-10,14H2,1-3H3,(H,24,28)/t20-/m1/s1. The second-order valence-corrected chi connectivity index (χ2v) is 7.75. The van der Waals surface area contributed by atoms with Crippen LogP contribution in [0.3, 0.4) is 0 Å². The average molecular weight is 406 g/mol. The van der Waals surface area contributed by atoms with E-state index in [4.69, 9.17) is 4.74 Å². The molecule has 30 heavy (non-hydrogen) atoms. The number of carbonyl (C=O) groups excluding carboxylic acids is 2. The third kappa shape index (κ3) is 3.80. The lowest BCUT2D eigenvalue weighted by atomic mass is 10.1. The number of hydrogen-bond donors (Lipinski definition) is 1. The predicted molar refractivity (Wildman–Crippen MR) is 117 cm³/mol. The first-order valence-corrected chi connectivity index (χ1v) is 10.1. The molecule has 0 radical (unpaired) electrons. The minimum atomic E-state index is -0.610. The largest absolute Gasteiger partial charge is 0.385 e. The summed E-state index contributed by atoms with van der Waals surface area (Å²) in [5, 5.41) is 2.95. The molecule has 0 unspecified atom stereocenters. The van der Waals surface area contributed by atoms with Crippen molar-refractivity contribution in [2.24, 2.45) is 0 Å². The maximum atomic E-state index is 13.2. The van der Waals surface area contributed by atoms with Crippen molar-refractivity contribution in [2.45, 2.75) is 32.7 Å². The van der Waals surface area contributed by atoms with Crippen LogP contribution in [0.2, 0.25) is 0 Å². The molecule has 1 aliphatic rings. The van der Waals surface area contributed by atoms with E-state index in [1.54, 1.807) is 12.0 Å². The summed E-state index contributed by atoms with van der Waals surface area (Å²) in [7, 11) is 1.64. The van der Waals surface area contributed by atoms with Crippen LogP contribution in [0, 0.1) is 13.8 Å². The smallest absolute Gasteiger partial charge is 0.253 e. The molecule has 0 spiro atoms. The number of rotatable bonds is 7. The van der Waals surface area contributed by atoms with Crippen molar-refractivity contribution in [1.29, 1.82) is 0 Å². The average Bonchev–Trinajstić information content (AvgIpc) is 3.17. The van der Waals surface area contributed by atoms with Crippen molar-refractivity contribution < 1.29 is 14.3 Å². The Labute approximate surface area is 175 Å². The van der Waals surface area contributed by atoms with Crippen molar-refractivity contribution >= 4 is 34.5 Å². The second kappa shape index (κ2) is 8.28. The van der Waals surface area contributed by atoms with Crippen LogP contribution in [0.25, 0.3) is 11.0 Å². The summed E-state index contributed by atoms with van der Waals surface area (Å²) >= 11 is 0. The Morgan fingerprint density at radius 2 is 1.90 bits per heavy atom. The summed E-state index contributed by atoms with van der Waals surface area (Å²) in [5.74, 6) is 0.303. The number of ether oxygens (including phenoxy) is 1. The number of hydrogen-bond acceptors (Lipinski definition) is 4. The fourth-order valence-corrected chi connectivity index (χ4v) is 4.11. The quantitative estimate of drug-likeness (QED) is 0.608. The van der Waals surface area contributed by atoms with Crippen molar-refractivity contribution in [1.82, 2.24) is 9.55 Å². The van der Waals surface area contributed by atoms with Crippen LogP contribution >= 0.6 is 0 Å². The first-order chi connectivity index (χ1) is 14.5. The summed E-state index contributed by atoms with van der Waals surface area (Å²) in [5.41, 5.74) is 4.58. The number of aryl methyl sites for hydroxylation is 2. The monoisotopic (exact) mass is 406 g/mol. The van der Waals surface area contributed by atoms with Crippen LogP contribution in [-0.2, 0) is 14.3 Å². The van der Waals surface area contributed by atoms with Gasteiger partial charge in [0, 0.05) is 25.9 Å². The van der Waals surface area contributed by atoms with Crippen molar-refractivity contribution in [3.63, 3.8) is 0 Å². The number of methoxy groups -OCH3 is 1. The maximum Gasteiger partial charge on any atom is 0.253 e. The molecule has 2 amide bonds. The molecule has 0 saturated heterocycles. The van der Waals surface area contributed by atoms with Crippen LogP contribution in [0.15, 0.2) is 42.5 Å². The zero-order valence-electron chi connectivity index (χ0n) is 17.5. The zero-order valence-corrected chi connectivity index (χ0v) is 17.5. The Kier molecular flexibility index (Phi) is 5.55. The van der Waals surface area contributed by atoms with Gasteiger partial charge in [-0.3, -0.25) is 19.1 Å². The molecular formula is C23H26N4O3. The van der Waals surface area contributed by atoms with Gasteiger partial charge in [0.05, 0.1) is 17.5 Å². The van der Waals surface area contributed by atoms with Gasteiger partial charge in [-0.05, 0) is 55.7 Å². The van der Waals surface area contributed by atoms with E-state index in [-0.39, 0.29) is 18.2 Å². The number of amides is 2. The number of aromatic nitrogens is 2.